The average Bonchev–Trinajstić information content (AvgIpc) is 3.20. The molecule has 2 aromatic heterocycles. The van der Waals surface area contributed by atoms with Crippen molar-refractivity contribution in [1.82, 2.24) is 24.9 Å². The second kappa shape index (κ2) is 6.81. The van der Waals surface area contributed by atoms with Crippen molar-refractivity contribution in [2.24, 2.45) is 5.92 Å². The van der Waals surface area contributed by atoms with Gasteiger partial charge in [-0.1, -0.05) is 23.4 Å². The number of hydrogen-bond acceptors (Lipinski definition) is 4. The van der Waals surface area contributed by atoms with Crippen molar-refractivity contribution in [2.45, 2.75) is 31.9 Å². The number of aromatic amines is 1. The molecule has 3 heterocycles. The SMILES string of the molecule is O=C(Cc1c[nH]c2ccccc12)N1CC(n2cc(COCC3CC3)nn2)C1. The number of ether oxygens (including phenoxy) is 1. The third-order valence-electron chi connectivity index (χ3n) is 5.46. The van der Waals surface area contributed by atoms with E-state index < -0.39 is 0 Å². The first-order chi connectivity index (χ1) is 13.3. The van der Waals surface area contributed by atoms with Crippen LogP contribution >= 0.6 is 0 Å². The summed E-state index contributed by atoms with van der Waals surface area (Å²) in [6, 6.07) is 8.28. The fourth-order valence-electron chi connectivity index (χ4n) is 3.55. The number of carbonyl (C=O) groups excluding carboxylic acids is 1. The van der Waals surface area contributed by atoms with Crippen molar-refractivity contribution in [1.29, 1.82) is 0 Å². The Morgan fingerprint density at radius 1 is 1.26 bits per heavy atom. The van der Waals surface area contributed by atoms with E-state index in [0.717, 1.165) is 34.7 Å². The van der Waals surface area contributed by atoms with Gasteiger partial charge in [0, 0.05) is 36.8 Å². The van der Waals surface area contributed by atoms with E-state index in [0.29, 0.717) is 26.1 Å². The fourth-order valence-corrected chi connectivity index (χ4v) is 3.55. The Morgan fingerprint density at radius 3 is 2.96 bits per heavy atom. The average molecular weight is 365 g/mol. The van der Waals surface area contributed by atoms with Crippen LogP contribution in [0.25, 0.3) is 10.9 Å². The van der Waals surface area contributed by atoms with E-state index in [-0.39, 0.29) is 11.9 Å². The lowest BCUT2D eigenvalue weighted by molar-refractivity contribution is -0.136. The molecule has 3 aromatic rings. The van der Waals surface area contributed by atoms with Gasteiger partial charge in [0.15, 0.2) is 0 Å². The second-order valence-corrected chi connectivity index (χ2v) is 7.64. The summed E-state index contributed by atoms with van der Waals surface area (Å²) >= 11 is 0. The number of nitrogens with one attached hydrogen (secondary N) is 1. The van der Waals surface area contributed by atoms with Crippen LogP contribution in [-0.2, 0) is 22.6 Å². The minimum Gasteiger partial charge on any atom is -0.375 e. The van der Waals surface area contributed by atoms with Gasteiger partial charge in [-0.3, -0.25) is 4.79 Å². The summed E-state index contributed by atoms with van der Waals surface area (Å²) in [5.74, 6) is 0.910. The maximum Gasteiger partial charge on any atom is 0.227 e. The molecule has 1 saturated heterocycles. The molecular weight excluding hydrogens is 342 g/mol. The first kappa shape index (κ1) is 16.5. The summed E-state index contributed by atoms with van der Waals surface area (Å²) in [5, 5.41) is 9.51. The van der Waals surface area contributed by atoms with Gasteiger partial charge in [0.25, 0.3) is 0 Å². The van der Waals surface area contributed by atoms with Crippen LogP contribution in [0.15, 0.2) is 36.7 Å². The molecule has 1 aliphatic heterocycles. The first-order valence-electron chi connectivity index (χ1n) is 9.57. The molecule has 0 spiro atoms. The lowest BCUT2D eigenvalue weighted by Gasteiger charge is -2.38. The Hall–Kier alpha value is -2.67. The van der Waals surface area contributed by atoms with Gasteiger partial charge < -0.3 is 14.6 Å². The number of carbonyl (C=O) groups is 1. The van der Waals surface area contributed by atoms with E-state index >= 15 is 0 Å². The smallest absolute Gasteiger partial charge is 0.227 e. The number of hydrogen-bond donors (Lipinski definition) is 1. The zero-order valence-electron chi connectivity index (χ0n) is 15.2. The van der Waals surface area contributed by atoms with Gasteiger partial charge in [0.1, 0.15) is 5.69 Å². The summed E-state index contributed by atoms with van der Waals surface area (Å²) in [6.45, 7) is 2.72. The van der Waals surface area contributed by atoms with Gasteiger partial charge in [-0.05, 0) is 30.4 Å². The number of benzene rings is 1. The number of rotatable bonds is 7. The van der Waals surface area contributed by atoms with Gasteiger partial charge >= 0.3 is 0 Å². The van der Waals surface area contributed by atoms with E-state index in [2.05, 4.69) is 21.4 Å². The zero-order valence-corrected chi connectivity index (χ0v) is 15.2. The fraction of sp³-hybridized carbons (Fsp3) is 0.450. The number of para-hydroxylation sites is 1. The Kier molecular flexibility index (Phi) is 4.16. The number of fused-ring (bicyclic) bond motifs is 1. The predicted octanol–water partition coefficient (Wildman–Crippen LogP) is 2.31. The van der Waals surface area contributed by atoms with Crippen molar-refractivity contribution in [3.05, 3.63) is 47.9 Å². The highest BCUT2D eigenvalue weighted by Gasteiger charge is 2.33. The number of nitrogens with zero attached hydrogens (tertiary/aromatic N) is 4. The zero-order chi connectivity index (χ0) is 18.2. The molecule has 5 rings (SSSR count). The van der Waals surface area contributed by atoms with Crippen molar-refractivity contribution < 1.29 is 9.53 Å². The maximum atomic E-state index is 12.6. The highest BCUT2D eigenvalue weighted by Crippen LogP contribution is 2.29. The lowest BCUT2D eigenvalue weighted by Crippen LogP contribution is -2.51. The van der Waals surface area contributed by atoms with Crippen LogP contribution in [0.3, 0.4) is 0 Å². The highest BCUT2D eigenvalue weighted by molar-refractivity contribution is 5.89. The van der Waals surface area contributed by atoms with Crippen LogP contribution in [0.4, 0.5) is 0 Å². The van der Waals surface area contributed by atoms with E-state index in [1.165, 1.54) is 12.8 Å². The largest absolute Gasteiger partial charge is 0.375 e. The Balaban J connectivity index is 1.13. The van der Waals surface area contributed by atoms with Crippen LogP contribution in [0.2, 0.25) is 0 Å². The molecule has 0 unspecified atom stereocenters. The monoisotopic (exact) mass is 365 g/mol. The highest BCUT2D eigenvalue weighted by atomic mass is 16.5. The molecule has 0 bridgehead atoms. The molecule has 7 nitrogen and oxygen atoms in total. The third kappa shape index (κ3) is 3.47. The summed E-state index contributed by atoms with van der Waals surface area (Å²) in [5.41, 5.74) is 2.98. The van der Waals surface area contributed by atoms with Crippen LogP contribution in [0, 0.1) is 5.92 Å². The molecule has 0 radical (unpaired) electrons. The van der Waals surface area contributed by atoms with E-state index in [1.54, 1.807) is 0 Å². The van der Waals surface area contributed by atoms with Crippen LogP contribution in [0.5, 0.6) is 0 Å². The standard InChI is InChI=1S/C20H23N5O2/c26-20(7-15-8-21-19-4-2-1-3-18(15)19)24-10-17(11-24)25-9-16(22-23-25)13-27-12-14-5-6-14/h1-4,8-9,14,17,21H,5-7,10-13H2. The predicted molar refractivity (Wildman–Crippen MR) is 100 cm³/mol. The maximum absolute atomic E-state index is 12.6. The molecule has 2 fully saturated rings. The Bertz CT molecular complexity index is 952. The number of aromatic nitrogens is 4. The molecule has 140 valence electrons. The normalized spacial score (nSPS) is 17.4. The van der Waals surface area contributed by atoms with Crippen molar-refractivity contribution in [3.63, 3.8) is 0 Å². The van der Waals surface area contributed by atoms with E-state index in [4.69, 9.17) is 4.74 Å². The molecule has 2 aliphatic rings. The molecular formula is C20H23N5O2. The summed E-state index contributed by atoms with van der Waals surface area (Å²) in [6.07, 6.45) is 6.88. The molecule has 1 aromatic carbocycles. The minimum absolute atomic E-state index is 0.157. The molecule has 1 saturated carbocycles. The van der Waals surface area contributed by atoms with Gasteiger partial charge in [0.2, 0.25) is 5.91 Å². The van der Waals surface area contributed by atoms with Gasteiger partial charge in [-0.25, -0.2) is 4.68 Å². The summed E-state index contributed by atoms with van der Waals surface area (Å²) < 4.78 is 7.52. The summed E-state index contributed by atoms with van der Waals surface area (Å²) in [4.78, 5) is 17.7. The molecule has 27 heavy (non-hydrogen) atoms. The van der Waals surface area contributed by atoms with Crippen LogP contribution in [-0.4, -0.2) is 50.5 Å². The second-order valence-electron chi connectivity index (χ2n) is 7.64. The van der Waals surface area contributed by atoms with Crippen LogP contribution in [0.1, 0.15) is 30.1 Å². The number of likely N-dealkylation sites (tertiary alicyclic amines) is 1. The van der Waals surface area contributed by atoms with Crippen molar-refractivity contribution in [2.75, 3.05) is 19.7 Å². The molecule has 0 atom stereocenters. The van der Waals surface area contributed by atoms with Crippen LogP contribution < -0.4 is 0 Å². The Morgan fingerprint density at radius 2 is 2.11 bits per heavy atom. The third-order valence-corrected chi connectivity index (χ3v) is 5.46. The van der Waals surface area contributed by atoms with Crippen molar-refractivity contribution in [3.8, 4) is 0 Å². The minimum atomic E-state index is 0.157. The van der Waals surface area contributed by atoms with Gasteiger partial charge in [-0.15, -0.1) is 5.10 Å². The quantitative estimate of drug-likeness (QED) is 0.697. The Labute approximate surface area is 157 Å². The lowest BCUT2D eigenvalue weighted by atomic mass is 10.1. The van der Waals surface area contributed by atoms with Gasteiger partial charge in [-0.2, -0.15) is 0 Å². The molecule has 1 N–H and O–H groups in total. The van der Waals surface area contributed by atoms with E-state index in [1.807, 2.05) is 40.2 Å². The van der Waals surface area contributed by atoms with E-state index in [9.17, 15) is 4.79 Å². The van der Waals surface area contributed by atoms with Gasteiger partial charge in [0.05, 0.1) is 25.3 Å². The molecule has 1 amide bonds. The summed E-state index contributed by atoms with van der Waals surface area (Å²) in [7, 11) is 0. The van der Waals surface area contributed by atoms with Crippen molar-refractivity contribution >= 4 is 16.8 Å². The number of H-pyrrole nitrogens is 1. The topological polar surface area (TPSA) is 76.0 Å². The molecule has 7 heteroatoms. The number of amides is 1. The first-order valence-corrected chi connectivity index (χ1v) is 9.57. The molecule has 1 aliphatic carbocycles.